The van der Waals surface area contributed by atoms with Gasteiger partial charge in [-0.2, -0.15) is 0 Å². The smallest absolute Gasteiger partial charge is 0.319 e. The molecule has 3 N–H and O–H groups in total. The first-order chi connectivity index (χ1) is 12.7. The number of hydrogen-bond acceptors (Lipinski definition) is 3. The third kappa shape index (κ3) is 5.41. The second-order valence-corrected chi connectivity index (χ2v) is 6.59. The monoisotopic (exact) mass is 353 g/mol. The Kier molecular flexibility index (Phi) is 6.36. The summed E-state index contributed by atoms with van der Waals surface area (Å²) in [6.07, 6.45) is 5.85. The van der Waals surface area contributed by atoms with Crippen molar-refractivity contribution in [3.05, 3.63) is 48.5 Å². The summed E-state index contributed by atoms with van der Waals surface area (Å²) in [6, 6.07) is 15.7. The van der Waals surface area contributed by atoms with Crippen LogP contribution >= 0.6 is 0 Å². The molecule has 0 atom stereocenters. The van der Waals surface area contributed by atoms with E-state index in [0.717, 1.165) is 35.7 Å². The summed E-state index contributed by atoms with van der Waals surface area (Å²) in [7, 11) is 0. The number of rotatable bonds is 6. The van der Waals surface area contributed by atoms with Gasteiger partial charge < -0.3 is 20.7 Å². The molecule has 1 fully saturated rings. The van der Waals surface area contributed by atoms with E-state index in [4.69, 9.17) is 4.74 Å². The number of nitrogens with one attached hydrogen (secondary N) is 3. The van der Waals surface area contributed by atoms with Crippen molar-refractivity contribution in [1.29, 1.82) is 0 Å². The van der Waals surface area contributed by atoms with Crippen molar-refractivity contribution in [2.24, 2.45) is 0 Å². The Morgan fingerprint density at radius 1 is 0.923 bits per heavy atom. The molecule has 0 aromatic heterocycles. The second-order valence-electron chi connectivity index (χ2n) is 6.59. The summed E-state index contributed by atoms with van der Waals surface area (Å²) in [5.41, 5.74) is 2.74. The van der Waals surface area contributed by atoms with Gasteiger partial charge in [0.25, 0.3) is 0 Å². The van der Waals surface area contributed by atoms with Crippen molar-refractivity contribution in [1.82, 2.24) is 5.32 Å². The molecule has 5 nitrogen and oxygen atoms in total. The fourth-order valence-corrected chi connectivity index (χ4v) is 3.20. The quantitative estimate of drug-likeness (QED) is 0.662. The maximum atomic E-state index is 12.1. The molecule has 1 saturated carbocycles. The molecule has 2 aromatic rings. The standard InChI is InChI=1S/C21H27N3O2/c1-2-26-20-14-12-18(13-15-20)22-17-8-10-19(11-9-17)24-21(25)23-16-6-4-3-5-7-16/h8-16,22H,2-7H2,1H3,(H2,23,24,25). The number of benzene rings is 2. The van der Waals surface area contributed by atoms with Crippen molar-refractivity contribution in [2.75, 3.05) is 17.2 Å². The molecule has 0 unspecified atom stereocenters. The van der Waals surface area contributed by atoms with Crippen LogP contribution in [0.1, 0.15) is 39.0 Å². The van der Waals surface area contributed by atoms with Gasteiger partial charge in [-0.25, -0.2) is 4.79 Å². The van der Waals surface area contributed by atoms with Gasteiger partial charge in [-0.05, 0) is 68.3 Å². The molecule has 0 aliphatic heterocycles. The largest absolute Gasteiger partial charge is 0.494 e. The zero-order chi connectivity index (χ0) is 18.2. The van der Waals surface area contributed by atoms with E-state index in [0.29, 0.717) is 12.6 Å². The predicted molar refractivity (Wildman–Crippen MR) is 106 cm³/mol. The number of urea groups is 1. The minimum atomic E-state index is -0.121. The minimum absolute atomic E-state index is 0.121. The highest BCUT2D eigenvalue weighted by Gasteiger charge is 2.15. The van der Waals surface area contributed by atoms with Crippen LogP contribution in [0.25, 0.3) is 0 Å². The molecule has 0 bridgehead atoms. The zero-order valence-corrected chi connectivity index (χ0v) is 15.3. The zero-order valence-electron chi connectivity index (χ0n) is 15.3. The van der Waals surface area contributed by atoms with Gasteiger partial charge in [0, 0.05) is 23.1 Å². The van der Waals surface area contributed by atoms with Crippen molar-refractivity contribution < 1.29 is 9.53 Å². The molecule has 1 aliphatic rings. The van der Waals surface area contributed by atoms with Crippen LogP contribution in [0, 0.1) is 0 Å². The summed E-state index contributed by atoms with van der Waals surface area (Å²) in [5, 5.41) is 9.30. The van der Waals surface area contributed by atoms with E-state index < -0.39 is 0 Å². The van der Waals surface area contributed by atoms with Crippen molar-refractivity contribution in [2.45, 2.75) is 45.1 Å². The SMILES string of the molecule is CCOc1ccc(Nc2ccc(NC(=O)NC3CCCCC3)cc2)cc1. The van der Waals surface area contributed by atoms with E-state index in [2.05, 4.69) is 16.0 Å². The number of amides is 2. The summed E-state index contributed by atoms with van der Waals surface area (Å²) in [4.78, 5) is 12.1. The first kappa shape index (κ1) is 18.1. The molecule has 2 amide bonds. The molecule has 138 valence electrons. The lowest BCUT2D eigenvalue weighted by molar-refractivity contribution is 0.244. The molecule has 1 aliphatic carbocycles. The molecule has 2 aromatic carbocycles. The molecule has 0 spiro atoms. The molecule has 3 rings (SSSR count). The van der Waals surface area contributed by atoms with Crippen molar-refractivity contribution in [3.63, 3.8) is 0 Å². The highest BCUT2D eigenvalue weighted by atomic mass is 16.5. The normalized spacial score (nSPS) is 14.5. The van der Waals surface area contributed by atoms with Crippen LogP contribution in [0.5, 0.6) is 5.75 Å². The third-order valence-corrected chi connectivity index (χ3v) is 4.54. The number of hydrogen-bond donors (Lipinski definition) is 3. The highest BCUT2D eigenvalue weighted by molar-refractivity contribution is 5.89. The minimum Gasteiger partial charge on any atom is -0.494 e. The van der Waals surface area contributed by atoms with E-state index >= 15 is 0 Å². The average molecular weight is 353 g/mol. The Labute approximate surface area is 155 Å². The number of ether oxygens (including phenoxy) is 1. The fourth-order valence-electron chi connectivity index (χ4n) is 3.20. The summed E-state index contributed by atoms with van der Waals surface area (Å²) >= 11 is 0. The molecule has 0 radical (unpaired) electrons. The molecule has 26 heavy (non-hydrogen) atoms. The van der Waals surface area contributed by atoms with Crippen LogP contribution < -0.4 is 20.7 Å². The Morgan fingerprint density at radius 3 is 2.12 bits per heavy atom. The van der Waals surface area contributed by atoms with Gasteiger partial charge in [-0.1, -0.05) is 19.3 Å². The van der Waals surface area contributed by atoms with E-state index in [1.807, 2.05) is 55.5 Å². The molecular weight excluding hydrogens is 326 g/mol. The molecule has 0 saturated heterocycles. The van der Waals surface area contributed by atoms with Gasteiger partial charge in [0.15, 0.2) is 0 Å². The third-order valence-electron chi connectivity index (χ3n) is 4.54. The van der Waals surface area contributed by atoms with Crippen LogP contribution in [0.3, 0.4) is 0 Å². The Morgan fingerprint density at radius 2 is 1.50 bits per heavy atom. The predicted octanol–water partition coefficient (Wildman–Crippen LogP) is 5.28. The van der Waals surface area contributed by atoms with Gasteiger partial charge in [0.05, 0.1) is 6.61 Å². The Bertz CT molecular complexity index is 692. The summed E-state index contributed by atoms with van der Waals surface area (Å²) in [5.74, 6) is 0.863. The molecular formula is C21H27N3O2. The lowest BCUT2D eigenvalue weighted by Crippen LogP contribution is -2.38. The van der Waals surface area contributed by atoms with E-state index in [9.17, 15) is 4.79 Å². The van der Waals surface area contributed by atoms with Gasteiger partial charge in [-0.15, -0.1) is 0 Å². The van der Waals surface area contributed by atoms with E-state index in [-0.39, 0.29) is 6.03 Å². The fraction of sp³-hybridized carbons (Fsp3) is 0.381. The first-order valence-corrected chi connectivity index (χ1v) is 9.40. The Hall–Kier alpha value is -2.69. The van der Waals surface area contributed by atoms with Gasteiger partial charge >= 0.3 is 6.03 Å². The average Bonchev–Trinajstić information content (AvgIpc) is 2.66. The van der Waals surface area contributed by atoms with Crippen molar-refractivity contribution in [3.8, 4) is 5.75 Å². The topological polar surface area (TPSA) is 62.4 Å². The van der Waals surface area contributed by atoms with Crippen LogP contribution in [0.15, 0.2) is 48.5 Å². The lowest BCUT2D eigenvalue weighted by atomic mass is 9.96. The number of anilines is 3. The van der Waals surface area contributed by atoms with Crippen LogP contribution in [0.2, 0.25) is 0 Å². The highest BCUT2D eigenvalue weighted by Crippen LogP contribution is 2.22. The van der Waals surface area contributed by atoms with Crippen molar-refractivity contribution >= 4 is 23.1 Å². The summed E-state index contributed by atoms with van der Waals surface area (Å²) < 4.78 is 5.44. The first-order valence-electron chi connectivity index (χ1n) is 9.40. The second kappa shape index (κ2) is 9.13. The molecule has 5 heteroatoms. The van der Waals surface area contributed by atoms with Crippen LogP contribution in [-0.4, -0.2) is 18.7 Å². The van der Waals surface area contributed by atoms with Gasteiger partial charge in [0.1, 0.15) is 5.75 Å². The Balaban J connectivity index is 1.50. The van der Waals surface area contributed by atoms with Gasteiger partial charge in [-0.3, -0.25) is 0 Å². The number of carbonyl (C=O) groups excluding carboxylic acids is 1. The summed E-state index contributed by atoms with van der Waals surface area (Å²) in [6.45, 7) is 2.63. The van der Waals surface area contributed by atoms with E-state index in [1.165, 1.54) is 19.3 Å². The van der Waals surface area contributed by atoms with Gasteiger partial charge in [0.2, 0.25) is 0 Å². The maximum Gasteiger partial charge on any atom is 0.319 e. The molecule has 0 heterocycles. The lowest BCUT2D eigenvalue weighted by Gasteiger charge is -2.22. The maximum absolute atomic E-state index is 12.1. The number of carbonyl (C=O) groups is 1. The van der Waals surface area contributed by atoms with Crippen LogP contribution in [-0.2, 0) is 0 Å². The van der Waals surface area contributed by atoms with Crippen LogP contribution in [0.4, 0.5) is 21.9 Å². The van der Waals surface area contributed by atoms with E-state index in [1.54, 1.807) is 0 Å².